The predicted octanol–water partition coefficient (Wildman–Crippen LogP) is 1.67. The quantitative estimate of drug-likeness (QED) is 0.424. The number of nitrogens with one attached hydrogen (secondary N) is 1. The highest BCUT2D eigenvalue weighted by Gasteiger charge is 2.07. The average Bonchev–Trinajstić information content (AvgIpc) is 2.53. The van der Waals surface area contributed by atoms with Gasteiger partial charge in [0.1, 0.15) is 0 Å². The minimum atomic E-state index is -1.45. The molecule has 0 aromatic heterocycles. The van der Waals surface area contributed by atoms with Gasteiger partial charge in [-0.2, -0.15) is 0 Å². The Kier molecular flexibility index (Phi) is 8.13. The molecule has 0 aliphatic carbocycles. The van der Waals surface area contributed by atoms with Gasteiger partial charge in [0, 0.05) is 11.8 Å². The molecule has 1 N–H and O–H groups in total. The number of hydrogen-bond donors (Lipinski definition) is 1. The molecule has 0 heterocycles. The molecular formula is C17H20NO5-. The van der Waals surface area contributed by atoms with Crippen molar-refractivity contribution in [1.82, 2.24) is 0 Å². The largest absolute Gasteiger partial charge is 0.545 e. The van der Waals surface area contributed by atoms with Crippen LogP contribution in [-0.4, -0.2) is 24.5 Å². The Hall–Kier alpha value is -2.63. The van der Waals surface area contributed by atoms with E-state index < -0.39 is 17.8 Å². The van der Waals surface area contributed by atoms with Crippen molar-refractivity contribution < 1.29 is 24.2 Å². The lowest BCUT2D eigenvalue weighted by Gasteiger charge is -2.06. The van der Waals surface area contributed by atoms with Crippen molar-refractivity contribution >= 4 is 23.5 Å². The van der Waals surface area contributed by atoms with E-state index in [1.807, 2.05) is 0 Å². The van der Waals surface area contributed by atoms with Gasteiger partial charge < -0.3 is 20.0 Å². The van der Waals surface area contributed by atoms with Crippen LogP contribution in [0.4, 0.5) is 5.69 Å². The minimum Gasteiger partial charge on any atom is -0.545 e. The lowest BCUT2D eigenvalue weighted by atomic mass is 10.2. The maximum absolute atomic E-state index is 11.8. The number of anilines is 1. The van der Waals surface area contributed by atoms with Crippen LogP contribution in [0.15, 0.2) is 36.4 Å². The van der Waals surface area contributed by atoms with Crippen molar-refractivity contribution in [2.75, 3.05) is 11.9 Å². The molecule has 0 saturated heterocycles. The first-order chi connectivity index (χ1) is 11.0. The molecule has 0 aliphatic heterocycles. The number of amides is 1. The topological polar surface area (TPSA) is 95.5 Å². The van der Waals surface area contributed by atoms with E-state index in [1.54, 1.807) is 12.1 Å². The number of carboxylic acids is 1. The molecule has 23 heavy (non-hydrogen) atoms. The van der Waals surface area contributed by atoms with E-state index in [2.05, 4.69) is 12.2 Å². The molecule has 0 fully saturated rings. The number of aliphatic carboxylic acids is 1. The number of benzene rings is 1. The summed E-state index contributed by atoms with van der Waals surface area (Å²) in [5, 5.41) is 12.7. The number of carboxylic acid groups (broad SMARTS) is 1. The molecule has 1 amide bonds. The summed E-state index contributed by atoms with van der Waals surface area (Å²) in [6, 6.07) is 6.15. The van der Waals surface area contributed by atoms with Crippen LogP contribution in [0.1, 0.15) is 43.0 Å². The third kappa shape index (κ3) is 7.80. The first-order valence-electron chi connectivity index (χ1n) is 7.50. The molecule has 1 aromatic rings. The van der Waals surface area contributed by atoms with Crippen molar-refractivity contribution in [2.45, 2.75) is 32.6 Å². The number of hydrogen-bond acceptors (Lipinski definition) is 5. The maximum Gasteiger partial charge on any atom is 0.338 e. The number of unbranched alkanes of at least 4 members (excludes halogenated alkanes) is 3. The molecule has 1 aromatic carbocycles. The summed E-state index contributed by atoms with van der Waals surface area (Å²) in [6.45, 7) is 2.51. The van der Waals surface area contributed by atoms with Gasteiger partial charge in [-0.15, -0.1) is 0 Å². The van der Waals surface area contributed by atoms with E-state index in [1.165, 1.54) is 12.1 Å². The van der Waals surface area contributed by atoms with Crippen LogP contribution in [0.25, 0.3) is 0 Å². The molecule has 0 unspecified atom stereocenters. The molecule has 0 atom stereocenters. The highest BCUT2D eigenvalue weighted by molar-refractivity contribution is 6.02. The smallest absolute Gasteiger partial charge is 0.338 e. The number of rotatable bonds is 9. The first kappa shape index (κ1) is 18.4. The van der Waals surface area contributed by atoms with Gasteiger partial charge in [-0.25, -0.2) is 4.79 Å². The number of carbonyl (C=O) groups is 3. The van der Waals surface area contributed by atoms with Crippen LogP contribution in [0.5, 0.6) is 0 Å². The van der Waals surface area contributed by atoms with Crippen LogP contribution < -0.4 is 10.4 Å². The van der Waals surface area contributed by atoms with E-state index in [4.69, 9.17) is 4.74 Å². The van der Waals surface area contributed by atoms with Crippen molar-refractivity contribution in [2.24, 2.45) is 0 Å². The van der Waals surface area contributed by atoms with Gasteiger partial charge in [0.2, 0.25) is 5.91 Å². The fourth-order valence-electron chi connectivity index (χ4n) is 1.79. The predicted molar refractivity (Wildman–Crippen MR) is 83.6 cm³/mol. The number of ether oxygens (including phenoxy) is 1. The van der Waals surface area contributed by atoms with Crippen LogP contribution >= 0.6 is 0 Å². The molecule has 0 aliphatic rings. The molecule has 0 spiro atoms. The Morgan fingerprint density at radius 1 is 1.09 bits per heavy atom. The normalized spacial score (nSPS) is 10.5. The maximum atomic E-state index is 11.8. The molecule has 124 valence electrons. The lowest BCUT2D eigenvalue weighted by molar-refractivity contribution is -0.297. The number of esters is 1. The van der Waals surface area contributed by atoms with E-state index in [-0.39, 0.29) is 0 Å². The van der Waals surface area contributed by atoms with E-state index in [0.29, 0.717) is 23.9 Å². The van der Waals surface area contributed by atoms with Crippen molar-refractivity contribution in [3.05, 3.63) is 42.0 Å². The summed E-state index contributed by atoms with van der Waals surface area (Å²) in [6.07, 6.45) is 5.62. The Bertz CT molecular complexity index is 563. The fourth-order valence-corrected chi connectivity index (χ4v) is 1.79. The van der Waals surface area contributed by atoms with Gasteiger partial charge >= 0.3 is 5.97 Å². The summed E-state index contributed by atoms with van der Waals surface area (Å²) in [5.41, 5.74) is 0.835. The Balaban J connectivity index is 2.44. The summed E-state index contributed by atoms with van der Waals surface area (Å²) >= 11 is 0. The zero-order valence-electron chi connectivity index (χ0n) is 13.0. The van der Waals surface area contributed by atoms with Crippen LogP contribution in [-0.2, 0) is 14.3 Å². The molecule has 0 radical (unpaired) electrons. The first-order valence-corrected chi connectivity index (χ1v) is 7.50. The summed E-state index contributed by atoms with van der Waals surface area (Å²) < 4.78 is 5.15. The molecule has 0 saturated carbocycles. The van der Waals surface area contributed by atoms with Gasteiger partial charge in [-0.05, 0) is 36.8 Å². The SMILES string of the molecule is CCCCCCOC(=O)c1ccc(NC(=O)/C=C\C(=O)[O-])cc1. The third-order valence-corrected chi connectivity index (χ3v) is 2.99. The zero-order valence-corrected chi connectivity index (χ0v) is 13.0. The van der Waals surface area contributed by atoms with Gasteiger partial charge in [0.25, 0.3) is 0 Å². The highest BCUT2D eigenvalue weighted by Crippen LogP contribution is 2.11. The van der Waals surface area contributed by atoms with Gasteiger partial charge in [-0.3, -0.25) is 4.79 Å². The Morgan fingerprint density at radius 3 is 2.39 bits per heavy atom. The van der Waals surface area contributed by atoms with Gasteiger partial charge in [0.05, 0.1) is 18.1 Å². The second-order valence-corrected chi connectivity index (χ2v) is 4.92. The standard InChI is InChI=1S/C17H21NO5/c1-2-3-4-5-12-23-17(22)13-6-8-14(9-7-13)18-15(19)10-11-16(20)21/h6-11H,2-5,12H2,1H3,(H,18,19)(H,20,21)/p-1/b11-10-. The third-order valence-electron chi connectivity index (χ3n) is 2.99. The van der Waals surface area contributed by atoms with Crippen molar-refractivity contribution in [1.29, 1.82) is 0 Å². The average molecular weight is 318 g/mol. The Labute approximate surface area is 135 Å². The summed E-state index contributed by atoms with van der Waals surface area (Å²) in [7, 11) is 0. The summed E-state index contributed by atoms with van der Waals surface area (Å²) in [4.78, 5) is 33.4. The second kappa shape index (κ2) is 10.2. The van der Waals surface area contributed by atoms with Crippen molar-refractivity contribution in [3.8, 4) is 0 Å². The van der Waals surface area contributed by atoms with Crippen molar-refractivity contribution in [3.63, 3.8) is 0 Å². The van der Waals surface area contributed by atoms with E-state index >= 15 is 0 Å². The molecule has 6 nitrogen and oxygen atoms in total. The molecule has 1 rings (SSSR count). The van der Waals surface area contributed by atoms with E-state index in [0.717, 1.165) is 31.8 Å². The Morgan fingerprint density at radius 2 is 1.78 bits per heavy atom. The fraction of sp³-hybridized carbons (Fsp3) is 0.353. The highest BCUT2D eigenvalue weighted by atomic mass is 16.5. The van der Waals surface area contributed by atoms with Gasteiger partial charge in [0.15, 0.2) is 0 Å². The molecule has 0 bridgehead atoms. The summed E-state index contributed by atoms with van der Waals surface area (Å²) in [5.74, 6) is -2.45. The van der Waals surface area contributed by atoms with Crippen LogP contribution in [0, 0.1) is 0 Å². The monoisotopic (exact) mass is 318 g/mol. The van der Waals surface area contributed by atoms with Gasteiger partial charge in [-0.1, -0.05) is 26.2 Å². The minimum absolute atomic E-state index is 0.392. The van der Waals surface area contributed by atoms with Crippen LogP contribution in [0.2, 0.25) is 0 Å². The lowest BCUT2D eigenvalue weighted by Crippen LogP contribution is -2.20. The molecular weight excluding hydrogens is 298 g/mol. The second-order valence-electron chi connectivity index (χ2n) is 4.92. The number of carbonyl (C=O) groups excluding carboxylic acids is 3. The molecule has 6 heteroatoms. The van der Waals surface area contributed by atoms with Crippen LogP contribution in [0.3, 0.4) is 0 Å². The zero-order chi connectivity index (χ0) is 17.1. The van der Waals surface area contributed by atoms with E-state index in [9.17, 15) is 19.5 Å².